The Hall–Kier alpha value is -2.07. The molecule has 0 aliphatic rings. The molecule has 5 heteroatoms. The van der Waals surface area contributed by atoms with E-state index in [9.17, 15) is 9.18 Å². The van der Waals surface area contributed by atoms with Crippen LogP contribution in [0.3, 0.4) is 0 Å². The molecule has 0 fully saturated rings. The number of hydrogen-bond acceptors (Lipinski definition) is 2. The molecule has 0 spiro atoms. The van der Waals surface area contributed by atoms with Crippen LogP contribution in [-0.4, -0.2) is 5.91 Å². The van der Waals surface area contributed by atoms with Gasteiger partial charge in [-0.1, -0.05) is 29.3 Å². The van der Waals surface area contributed by atoms with E-state index in [1.165, 1.54) is 6.07 Å². The number of carbonyl (C=O) groups is 1. The predicted octanol–water partition coefficient (Wildman–Crippen LogP) is 3.50. The number of carbonyl (C=O) groups excluding carboxylic acids is 1. The molecule has 0 aromatic heterocycles. The van der Waals surface area contributed by atoms with Gasteiger partial charge >= 0.3 is 0 Å². The van der Waals surface area contributed by atoms with Gasteiger partial charge in [0.25, 0.3) is 0 Å². The third-order valence-electron chi connectivity index (χ3n) is 2.92. The van der Waals surface area contributed by atoms with Crippen LogP contribution in [0.25, 0.3) is 0 Å². The highest BCUT2D eigenvalue weighted by Crippen LogP contribution is 2.21. The summed E-state index contributed by atoms with van der Waals surface area (Å²) >= 11 is 5.87. The van der Waals surface area contributed by atoms with Crippen molar-refractivity contribution in [1.29, 1.82) is 0 Å². The number of aryl methyl sites for hydroxylation is 1. The molecule has 0 saturated carbocycles. The van der Waals surface area contributed by atoms with Crippen LogP contribution in [0.4, 0.5) is 10.1 Å². The van der Waals surface area contributed by atoms with E-state index < -0.39 is 5.91 Å². The largest absolute Gasteiger partial charge is 0.381 e. The number of anilines is 1. The monoisotopic (exact) mass is 292 g/mol. The Balaban J connectivity index is 2.17. The van der Waals surface area contributed by atoms with Gasteiger partial charge in [-0.25, -0.2) is 4.39 Å². The fourth-order valence-electron chi connectivity index (χ4n) is 1.86. The third-order valence-corrected chi connectivity index (χ3v) is 3.25. The van der Waals surface area contributed by atoms with Crippen molar-refractivity contribution >= 4 is 23.2 Å². The second-order valence-corrected chi connectivity index (χ2v) is 4.91. The lowest BCUT2D eigenvalue weighted by molar-refractivity contribution is 0.100. The maximum atomic E-state index is 13.6. The maximum Gasteiger partial charge on any atom is 0.250 e. The highest BCUT2D eigenvalue weighted by atomic mass is 35.5. The van der Waals surface area contributed by atoms with Crippen molar-refractivity contribution in [3.05, 3.63) is 63.9 Å². The summed E-state index contributed by atoms with van der Waals surface area (Å²) < 4.78 is 13.6. The molecule has 1 amide bonds. The first-order chi connectivity index (χ1) is 9.47. The maximum absolute atomic E-state index is 13.6. The van der Waals surface area contributed by atoms with Gasteiger partial charge in [0.2, 0.25) is 5.91 Å². The van der Waals surface area contributed by atoms with E-state index >= 15 is 0 Å². The Morgan fingerprint density at radius 2 is 2.05 bits per heavy atom. The van der Waals surface area contributed by atoms with Crippen molar-refractivity contribution in [3.8, 4) is 0 Å². The molecular weight excluding hydrogens is 279 g/mol. The molecule has 0 saturated heterocycles. The number of halogens is 2. The Morgan fingerprint density at radius 3 is 2.75 bits per heavy atom. The van der Waals surface area contributed by atoms with Crippen molar-refractivity contribution in [2.45, 2.75) is 13.5 Å². The minimum Gasteiger partial charge on any atom is -0.381 e. The van der Waals surface area contributed by atoms with E-state index in [1.54, 1.807) is 30.3 Å². The first-order valence-electron chi connectivity index (χ1n) is 6.05. The van der Waals surface area contributed by atoms with E-state index in [-0.39, 0.29) is 11.4 Å². The molecule has 2 aromatic carbocycles. The second-order valence-electron chi connectivity index (χ2n) is 4.51. The molecule has 0 unspecified atom stereocenters. The fraction of sp³-hybridized carbons (Fsp3) is 0.133. The zero-order valence-electron chi connectivity index (χ0n) is 10.9. The van der Waals surface area contributed by atoms with Crippen LogP contribution in [0.1, 0.15) is 21.5 Å². The molecule has 0 aliphatic carbocycles. The number of amides is 1. The Bertz CT molecular complexity index is 658. The zero-order chi connectivity index (χ0) is 14.7. The Kier molecular flexibility index (Phi) is 4.25. The lowest BCUT2D eigenvalue weighted by Crippen LogP contribution is -2.12. The number of benzene rings is 2. The quantitative estimate of drug-likeness (QED) is 0.906. The van der Waals surface area contributed by atoms with Crippen molar-refractivity contribution in [1.82, 2.24) is 0 Å². The minimum atomic E-state index is -0.597. The molecule has 0 aliphatic heterocycles. The summed E-state index contributed by atoms with van der Waals surface area (Å²) in [7, 11) is 0. The van der Waals surface area contributed by atoms with Gasteiger partial charge < -0.3 is 11.1 Å². The van der Waals surface area contributed by atoms with Crippen LogP contribution in [-0.2, 0) is 6.54 Å². The second kappa shape index (κ2) is 5.92. The lowest BCUT2D eigenvalue weighted by atomic mass is 10.1. The van der Waals surface area contributed by atoms with Crippen LogP contribution in [0, 0.1) is 12.7 Å². The van der Waals surface area contributed by atoms with Crippen molar-refractivity contribution < 1.29 is 9.18 Å². The number of primary amides is 1. The number of nitrogens with one attached hydrogen (secondary N) is 1. The molecule has 3 N–H and O–H groups in total. The van der Waals surface area contributed by atoms with Crippen LogP contribution in [0.2, 0.25) is 5.02 Å². The molecule has 3 nitrogen and oxygen atoms in total. The van der Waals surface area contributed by atoms with Crippen LogP contribution < -0.4 is 11.1 Å². The minimum absolute atomic E-state index is 0.237. The Morgan fingerprint density at radius 1 is 1.30 bits per heavy atom. The molecule has 0 radical (unpaired) electrons. The van der Waals surface area contributed by atoms with Gasteiger partial charge in [0, 0.05) is 17.8 Å². The van der Waals surface area contributed by atoms with Crippen LogP contribution in [0.15, 0.2) is 36.4 Å². The van der Waals surface area contributed by atoms with Crippen molar-refractivity contribution in [3.63, 3.8) is 0 Å². The van der Waals surface area contributed by atoms with Gasteiger partial charge in [-0.3, -0.25) is 4.79 Å². The molecule has 2 aromatic rings. The number of nitrogens with two attached hydrogens (primary N) is 1. The molecule has 2 rings (SSSR count). The predicted molar refractivity (Wildman–Crippen MR) is 78.4 cm³/mol. The summed E-state index contributed by atoms with van der Waals surface area (Å²) in [6.07, 6.45) is 0. The summed E-state index contributed by atoms with van der Waals surface area (Å²) in [5.74, 6) is -0.868. The SMILES string of the molecule is Cc1ccc(F)c(CNc2ccc(Cl)c(C(N)=O)c2)c1. The standard InChI is InChI=1S/C15H14ClFN2O/c1-9-2-5-14(17)10(6-9)8-19-11-3-4-13(16)12(7-11)15(18)20/h2-7,19H,8H2,1H3,(H2,18,20). The third kappa shape index (κ3) is 3.27. The van der Waals surface area contributed by atoms with Crippen molar-refractivity contribution in [2.24, 2.45) is 5.73 Å². The van der Waals surface area contributed by atoms with E-state index in [4.69, 9.17) is 17.3 Å². The molecular formula is C15H14ClFN2O. The van der Waals surface area contributed by atoms with Crippen molar-refractivity contribution in [2.75, 3.05) is 5.32 Å². The number of hydrogen-bond donors (Lipinski definition) is 2. The van der Waals surface area contributed by atoms with Crippen LogP contribution in [0.5, 0.6) is 0 Å². The van der Waals surface area contributed by atoms with Gasteiger partial charge in [0.15, 0.2) is 0 Å². The highest BCUT2D eigenvalue weighted by molar-refractivity contribution is 6.33. The first-order valence-corrected chi connectivity index (χ1v) is 6.43. The molecule has 0 bridgehead atoms. The molecule has 20 heavy (non-hydrogen) atoms. The highest BCUT2D eigenvalue weighted by Gasteiger charge is 2.08. The van der Waals surface area contributed by atoms with Gasteiger partial charge in [0.05, 0.1) is 10.6 Å². The average Bonchev–Trinajstić information content (AvgIpc) is 2.41. The molecule has 0 atom stereocenters. The van der Waals surface area contributed by atoms with Crippen LogP contribution >= 0.6 is 11.6 Å². The Labute approximate surface area is 121 Å². The molecule has 104 valence electrons. The fourth-order valence-corrected chi connectivity index (χ4v) is 2.07. The number of rotatable bonds is 4. The lowest BCUT2D eigenvalue weighted by Gasteiger charge is -2.10. The summed E-state index contributed by atoms with van der Waals surface area (Å²) in [6.45, 7) is 2.21. The summed E-state index contributed by atoms with van der Waals surface area (Å²) in [5, 5.41) is 3.34. The van der Waals surface area contributed by atoms with Gasteiger partial charge in [0.1, 0.15) is 5.82 Å². The summed E-state index contributed by atoms with van der Waals surface area (Å²) in [6, 6.07) is 9.76. The van der Waals surface area contributed by atoms with Gasteiger partial charge in [-0.05, 0) is 31.2 Å². The smallest absolute Gasteiger partial charge is 0.250 e. The van der Waals surface area contributed by atoms with E-state index in [0.29, 0.717) is 22.8 Å². The van der Waals surface area contributed by atoms with E-state index in [1.807, 2.05) is 6.92 Å². The van der Waals surface area contributed by atoms with E-state index in [2.05, 4.69) is 5.32 Å². The first kappa shape index (κ1) is 14.3. The average molecular weight is 293 g/mol. The summed E-state index contributed by atoms with van der Waals surface area (Å²) in [5.41, 5.74) is 7.66. The van der Waals surface area contributed by atoms with E-state index in [0.717, 1.165) is 5.56 Å². The molecule has 0 heterocycles. The summed E-state index contributed by atoms with van der Waals surface area (Å²) in [4.78, 5) is 11.2. The topological polar surface area (TPSA) is 55.1 Å². The van der Waals surface area contributed by atoms with Gasteiger partial charge in [-0.15, -0.1) is 0 Å². The zero-order valence-corrected chi connectivity index (χ0v) is 11.7. The van der Waals surface area contributed by atoms with Gasteiger partial charge in [-0.2, -0.15) is 0 Å². The normalized spacial score (nSPS) is 10.3.